The summed E-state index contributed by atoms with van der Waals surface area (Å²) in [6.07, 6.45) is 3.40. The second kappa shape index (κ2) is 8.23. The van der Waals surface area contributed by atoms with E-state index in [4.69, 9.17) is 0 Å². The monoisotopic (exact) mass is 379 g/mol. The first kappa shape index (κ1) is 18.8. The number of para-hydroxylation sites is 3. The summed E-state index contributed by atoms with van der Waals surface area (Å²) < 4.78 is 0. The van der Waals surface area contributed by atoms with Crippen molar-refractivity contribution in [2.75, 3.05) is 34.8 Å². The number of anilines is 3. The molecule has 1 unspecified atom stereocenters. The maximum absolute atomic E-state index is 13.1. The van der Waals surface area contributed by atoms with Gasteiger partial charge in [0.1, 0.15) is 0 Å². The largest absolute Gasteiger partial charge is 0.393 e. The molecule has 0 spiro atoms. The summed E-state index contributed by atoms with van der Waals surface area (Å²) in [6.45, 7) is 4.07. The third-order valence-corrected chi connectivity index (χ3v) is 5.93. The number of carbonyl (C=O) groups is 1. The molecule has 0 aliphatic carbocycles. The number of aryl methyl sites for hydroxylation is 1. The normalized spacial score (nSPS) is 20.0. The predicted octanol–water partition coefficient (Wildman–Crippen LogP) is 3.43. The van der Waals surface area contributed by atoms with E-state index in [0.29, 0.717) is 0 Å². The van der Waals surface area contributed by atoms with Crippen LogP contribution in [0.1, 0.15) is 31.7 Å². The number of nitrogens with zero attached hydrogens (tertiary/aromatic N) is 2. The van der Waals surface area contributed by atoms with Gasteiger partial charge in [0.25, 0.3) is 0 Å². The van der Waals surface area contributed by atoms with Crippen molar-refractivity contribution in [2.24, 2.45) is 0 Å². The third-order valence-electron chi connectivity index (χ3n) is 5.93. The molecule has 5 heteroatoms. The number of carbonyl (C=O) groups excluding carboxylic acids is 1. The Bertz CT molecular complexity index is 830. The van der Waals surface area contributed by atoms with Crippen molar-refractivity contribution in [1.29, 1.82) is 0 Å². The Morgan fingerprint density at radius 2 is 1.71 bits per heavy atom. The molecule has 1 amide bonds. The zero-order chi connectivity index (χ0) is 19.5. The molecule has 2 aromatic carbocycles. The van der Waals surface area contributed by atoms with Crippen molar-refractivity contribution in [3.8, 4) is 0 Å². The number of nitrogens with one attached hydrogen (secondary N) is 1. The first-order valence-corrected chi connectivity index (χ1v) is 10.3. The van der Waals surface area contributed by atoms with Crippen LogP contribution >= 0.6 is 0 Å². The van der Waals surface area contributed by atoms with Crippen molar-refractivity contribution in [3.63, 3.8) is 0 Å². The van der Waals surface area contributed by atoms with Gasteiger partial charge >= 0.3 is 0 Å². The zero-order valence-electron chi connectivity index (χ0n) is 16.5. The molecule has 2 heterocycles. The van der Waals surface area contributed by atoms with Crippen molar-refractivity contribution < 1.29 is 9.90 Å². The van der Waals surface area contributed by atoms with Crippen LogP contribution < -0.4 is 15.1 Å². The maximum Gasteiger partial charge on any atom is 0.246 e. The van der Waals surface area contributed by atoms with Gasteiger partial charge in [-0.3, -0.25) is 4.79 Å². The Morgan fingerprint density at radius 3 is 2.50 bits per heavy atom. The molecule has 5 nitrogen and oxygen atoms in total. The van der Waals surface area contributed by atoms with Crippen LogP contribution in [-0.2, 0) is 11.2 Å². The van der Waals surface area contributed by atoms with Gasteiger partial charge in [0, 0.05) is 24.8 Å². The molecule has 0 aromatic heterocycles. The SMILES string of the molecule is CC1CCc2ccccc2N1C(=O)CNc1ccccc1N1CCC(O)CC1. The molecule has 2 aliphatic heterocycles. The summed E-state index contributed by atoms with van der Waals surface area (Å²) in [4.78, 5) is 17.3. The van der Waals surface area contributed by atoms with Crippen LogP contribution in [0.3, 0.4) is 0 Å². The van der Waals surface area contributed by atoms with E-state index >= 15 is 0 Å². The zero-order valence-corrected chi connectivity index (χ0v) is 16.5. The predicted molar refractivity (Wildman–Crippen MR) is 114 cm³/mol. The lowest BCUT2D eigenvalue weighted by Gasteiger charge is -2.36. The Hall–Kier alpha value is -2.53. The lowest BCUT2D eigenvalue weighted by Crippen LogP contribution is -2.45. The highest BCUT2D eigenvalue weighted by molar-refractivity contribution is 5.98. The summed E-state index contributed by atoms with van der Waals surface area (Å²) in [5, 5.41) is 13.2. The van der Waals surface area contributed by atoms with Gasteiger partial charge in [0.2, 0.25) is 5.91 Å². The highest BCUT2D eigenvalue weighted by atomic mass is 16.3. The molecule has 2 aromatic rings. The topological polar surface area (TPSA) is 55.8 Å². The fraction of sp³-hybridized carbons (Fsp3) is 0.435. The molecule has 0 saturated carbocycles. The molecule has 148 valence electrons. The second-order valence-corrected chi connectivity index (χ2v) is 7.87. The summed E-state index contributed by atoms with van der Waals surface area (Å²) in [7, 11) is 0. The van der Waals surface area contributed by atoms with Crippen molar-refractivity contribution >= 4 is 23.0 Å². The lowest BCUT2D eigenvalue weighted by molar-refractivity contribution is -0.117. The summed E-state index contributed by atoms with van der Waals surface area (Å²) in [5.41, 5.74) is 4.38. The number of amides is 1. The fourth-order valence-electron chi connectivity index (χ4n) is 4.33. The number of aliphatic hydroxyl groups excluding tert-OH is 1. The van der Waals surface area contributed by atoms with Gasteiger partial charge in [-0.15, -0.1) is 0 Å². The standard InChI is InChI=1S/C23H29N3O2/c1-17-10-11-18-6-2-4-8-21(18)26(17)23(28)16-24-20-7-3-5-9-22(20)25-14-12-19(27)13-15-25/h2-9,17,19,24,27H,10-16H2,1H3. The van der Waals surface area contributed by atoms with Crippen molar-refractivity contribution in [1.82, 2.24) is 0 Å². The molecule has 0 radical (unpaired) electrons. The number of rotatable bonds is 4. The molecular formula is C23H29N3O2. The number of hydrogen-bond donors (Lipinski definition) is 2. The summed E-state index contributed by atoms with van der Waals surface area (Å²) >= 11 is 0. The fourth-order valence-corrected chi connectivity index (χ4v) is 4.33. The van der Waals surface area contributed by atoms with Crippen LogP contribution in [0.25, 0.3) is 0 Å². The van der Waals surface area contributed by atoms with Crippen LogP contribution in [-0.4, -0.2) is 42.8 Å². The average molecular weight is 380 g/mol. The van der Waals surface area contributed by atoms with Crippen LogP contribution in [0, 0.1) is 0 Å². The maximum atomic E-state index is 13.1. The van der Waals surface area contributed by atoms with E-state index in [1.165, 1.54) is 5.56 Å². The van der Waals surface area contributed by atoms with E-state index in [-0.39, 0.29) is 24.6 Å². The van der Waals surface area contributed by atoms with Crippen molar-refractivity contribution in [2.45, 2.75) is 44.8 Å². The molecule has 4 rings (SSSR count). The minimum Gasteiger partial charge on any atom is -0.393 e. The summed E-state index contributed by atoms with van der Waals surface area (Å²) in [6, 6.07) is 16.6. The molecule has 2 aliphatic rings. The number of aliphatic hydroxyl groups is 1. The minimum absolute atomic E-state index is 0.100. The smallest absolute Gasteiger partial charge is 0.246 e. The van der Waals surface area contributed by atoms with Gasteiger partial charge in [-0.25, -0.2) is 0 Å². The number of piperidine rings is 1. The van der Waals surface area contributed by atoms with Gasteiger partial charge in [0.05, 0.1) is 24.0 Å². The molecule has 2 N–H and O–H groups in total. The average Bonchev–Trinajstić information content (AvgIpc) is 2.73. The molecule has 1 saturated heterocycles. The van der Waals surface area contributed by atoms with E-state index in [9.17, 15) is 9.90 Å². The van der Waals surface area contributed by atoms with Crippen LogP contribution in [0.15, 0.2) is 48.5 Å². The van der Waals surface area contributed by atoms with E-state index in [1.807, 2.05) is 35.2 Å². The second-order valence-electron chi connectivity index (χ2n) is 7.87. The number of hydrogen-bond acceptors (Lipinski definition) is 4. The lowest BCUT2D eigenvalue weighted by atomic mass is 9.96. The number of benzene rings is 2. The number of fused-ring (bicyclic) bond motifs is 1. The molecule has 1 atom stereocenters. The molecule has 0 bridgehead atoms. The molecular weight excluding hydrogens is 350 g/mol. The van der Waals surface area contributed by atoms with Gasteiger partial charge < -0.3 is 20.2 Å². The first-order chi connectivity index (χ1) is 13.6. The Labute approximate surface area is 167 Å². The van der Waals surface area contributed by atoms with Crippen molar-refractivity contribution in [3.05, 3.63) is 54.1 Å². The van der Waals surface area contributed by atoms with Crippen LogP contribution in [0.4, 0.5) is 17.1 Å². The molecule has 28 heavy (non-hydrogen) atoms. The highest BCUT2D eigenvalue weighted by Crippen LogP contribution is 2.31. The molecule has 1 fully saturated rings. The highest BCUT2D eigenvalue weighted by Gasteiger charge is 2.28. The van der Waals surface area contributed by atoms with Gasteiger partial charge in [-0.1, -0.05) is 30.3 Å². The van der Waals surface area contributed by atoms with E-state index < -0.39 is 0 Å². The Kier molecular flexibility index (Phi) is 5.53. The van der Waals surface area contributed by atoms with Crippen LogP contribution in [0.5, 0.6) is 0 Å². The van der Waals surface area contributed by atoms with Gasteiger partial charge in [0.15, 0.2) is 0 Å². The van der Waals surface area contributed by atoms with Gasteiger partial charge in [-0.2, -0.15) is 0 Å². The van der Waals surface area contributed by atoms with E-state index in [2.05, 4.69) is 35.3 Å². The third kappa shape index (κ3) is 3.85. The minimum atomic E-state index is -0.196. The van der Waals surface area contributed by atoms with Crippen LogP contribution in [0.2, 0.25) is 0 Å². The Balaban J connectivity index is 1.47. The quantitative estimate of drug-likeness (QED) is 0.855. The Morgan fingerprint density at radius 1 is 1.04 bits per heavy atom. The van der Waals surface area contributed by atoms with E-state index in [1.54, 1.807) is 0 Å². The summed E-state index contributed by atoms with van der Waals surface area (Å²) in [5.74, 6) is 0.100. The van der Waals surface area contributed by atoms with E-state index in [0.717, 1.165) is 55.8 Å². The van der Waals surface area contributed by atoms with Gasteiger partial charge in [-0.05, 0) is 56.4 Å². The first-order valence-electron chi connectivity index (χ1n) is 10.3.